The number of nitrogens with one attached hydrogen (secondary N) is 2. The van der Waals surface area contributed by atoms with E-state index in [9.17, 15) is 14.4 Å². The minimum Gasteiger partial charge on any atom is -0.497 e. The Morgan fingerprint density at radius 2 is 1.73 bits per heavy atom. The molecule has 0 radical (unpaired) electrons. The highest BCUT2D eigenvalue weighted by Gasteiger charge is 2.31. The third-order valence-corrected chi connectivity index (χ3v) is 6.55. The summed E-state index contributed by atoms with van der Waals surface area (Å²) in [6.45, 7) is 6.92. The number of H-pyrrole nitrogens is 1. The van der Waals surface area contributed by atoms with Crippen LogP contribution >= 0.6 is 0 Å². The fourth-order valence-corrected chi connectivity index (χ4v) is 5.01. The number of carbonyl (C=O) groups is 2. The van der Waals surface area contributed by atoms with Gasteiger partial charge < -0.3 is 19.5 Å². The minimum atomic E-state index is -1.25. The van der Waals surface area contributed by atoms with E-state index >= 15 is 0 Å². The summed E-state index contributed by atoms with van der Waals surface area (Å²) in [5.41, 5.74) is 1.91. The van der Waals surface area contributed by atoms with E-state index < -0.39 is 31.5 Å². The van der Waals surface area contributed by atoms with E-state index in [1.165, 1.54) is 17.5 Å². The summed E-state index contributed by atoms with van der Waals surface area (Å²) >= 11 is 0. The molecule has 3 rings (SSSR count). The monoisotopic (exact) mass is 467 g/mol. The van der Waals surface area contributed by atoms with E-state index in [0.717, 1.165) is 12.1 Å². The maximum atomic E-state index is 13.3. The zero-order chi connectivity index (χ0) is 24.2. The van der Waals surface area contributed by atoms with Crippen LogP contribution in [0.4, 0.5) is 5.69 Å². The molecule has 1 heterocycles. The van der Waals surface area contributed by atoms with Gasteiger partial charge in [0.25, 0.3) is 17.4 Å². The van der Waals surface area contributed by atoms with Crippen LogP contribution in [0.25, 0.3) is 0 Å². The molecule has 174 valence electrons. The SMILES string of the molecule is COc1ccc(C(C(=O)Nc2ccc(C[Si](C)(C)C)cc2)N(C)C(=O)c2cc(=O)[nH]o2)cc1. The van der Waals surface area contributed by atoms with Gasteiger partial charge in [-0.3, -0.25) is 14.4 Å². The lowest BCUT2D eigenvalue weighted by Gasteiger charge is -2.27. The second-order valence-corrected chi connectivity index (χ2v) is 14.6. The molecule has 33 heavy (non-hydrogen) atoms. The Morgan fingerprint density at radius 3 is 2.24 bits per heavy atom. The lowest BCUT2D eigenvalue weighted by molar-refractivity contribution is -0.120. The number of rotatable bonds is 8. The molecule has 8 nitrogen and oxygen atoms in total. The maximum absolute atomic E-state index is 13.3. The second kappa shape index (κ2) is 9.91. The first-order valence-electron chi connectivity index (χ1n) is 10.6. The molecule has 2 amide bonds. The molecule has 0 aliphatic rings. The first-order valence-corrected chi connectivity index (χ1v) is 14.3. The van der Waals surface area contributed by atoms with Crippen LogP contribution in [-0.2, 0) is 10.8 Å². The van der Waals surface area contributed by atoms with Crippen molar-refractivity contribution in [3.8, 4) is 5.75 Å². The predicted octanol–water partition coefficient (Wildman–Crippen LogP) is 3.85. The van der Waals surface area contributed by atoms with Crippen LogP contribution in [-0.4, -0.2) is 44.1 Å². The fourth-order valence-electron chi connectivity index (χ4n) is 3.55. The molecule has 0 saturated heterocycles. The molecule has 0 aliphatic heterocycles. The van der Waals surface area contributed by atoms with Gasteiger partial charge in [0.1, 0.15) is 11.8 Å². The Hall–Kier alpha value is -3.59. The number of amides is 2. The zero-order valence-electron chi connectivity index (χ0n) is 19.5. The van der Waals surface area contributed by atoms with Crippen molar-refractivity contribution < 1.29 is 18.8 Å². The molecular weight excluding hydrogens is 438 g/mol. The number of aromatic amines is 1. The molecule has 0 spiro atoms. The number of hydrogen-bond donors (Lipinski definition) is 2. The fraction of sp³-hybridized carbons (Fsp3) is 0.292. The minimum absolute atomic E-state index is 0.176. The molecule has 2 aromatic carbocycles. The smallest absolute Gasteiger partial charge is 0.293 e. The maximum Gasteiger partial charge on any atom is 0.293 e. The third kappa shape index (κ3) is 6.23. The quantitative estimate of drug-likeness (QED) is 0.490. The summed E-state index contributed by atoms with van der Waals surface area (Å²) in [6, 6.07) is 15.8. The van der Waals surface area contributed by atoms with Crippen molar-refractivity contribution in [3.63, 3.8) is 0 Å². The highest BCUT2D eigenvalue weighted by molar-refractivity contribution is 6.75. The van der Waals surface area contributed by atoms with Crippen molar-refractivity contribution in [3.05, 3.63) is 81.8 Å². The average molecular weight is 468 g/mol. The highest BCUT2D eigenvalue weighted by atomic mass is 28.3. The van der Waals surface area contributed by atoms with Crippen molar-refractivity contribution in [2.24, 2.45) is 0 Å². The Bertz CT molecular complexity index is 1160. The van der Waals surface area contributed by atoms with Gasteiger partial charge in [0.15, 0.2) is 0 Å². The molecule has 1 aromatic heterocycles. The number of benzene rings is 2. The van der Waals surface area contributed by atoms with Crippen molar-refractivity contribution >= 4 is 25.6 Å². The number of likely N-dealkylation sites (N-methyl/N-ethyl adjacent to an activating group) is 1. The van der Waals surface area contributed by atoms with Crippen LogP contribution < -0.4 is 15.6 Å². The summed E-state index contributed by atoms with van der Waals surface area (Å²) in [6.07, 6.45) is 0. The molecule has 1 atom stereocenters. The van der Waals surface area contributed by atoms with E-state index in [-0.39, 0.29) is 5.76 Å². The molecule has 9 heteroatoms. The molecular formula is C24H29N3O5Si. The van der Waals surface area contributed by atoms with E-state index in [4.69, 9.17) is 9.26 Å². The summed E-state index contributed by atoms with van der Waals surface area (Å²) < 4.78 is 10.1. The van der Waals surface area contributed by atoms with Crippen LogP contribution in [0.15, 0.2) is 63.9 Å². The normalized spacial score (nSPS) is 12.2. The van der Waals surface area contributed by atoms with Crippen molar-refractivity contribution in [2.45, 2.75) is 31.7 Å². The Kier molecular flexibility index (Phi) is 7.22. The Morgan fingerprint density at radius 1 is 1.09 bits per heavy atom. The van der Waals surface area contributed by atoms with Crippen LogP contribution in [0.5, 0.6) is 5.75 Å². The molecule has 1 unspecified atom stereocenters. The van der Waals surface area contributed by atoms with Gasteiger partial charge in [-0.1, -0.05) is 49.5 Å². The van der Waals surface area contributed by atoms with Crippen LogP contribution in [0, 0.1) is 0 Å². The molecule has 0 fully saturated rings. The van der Waals surface area contributed by atoms with Crippen molar-refractivity contribution in [2.75, 3.05) is 19.5 Å². The summed E-state index contributed by atoms with van der Waals surface area (Å²) in [7, 11) is 1.79. The van der Waals surface area contributed by atoms with E-state index in [1.54, 1.807) is 31.4 Å². The summed E-state index contributed by atoms with van der Waals surface area (Å²) in [5, 5.41) is 4.99. The first kappa shape index (κ1) is 24.1. The van der Waals surface area contributed by atoms with Crippen molar-refractivity contribution in [1.82, 2.24) is 10.1 Å². The van der Waals surface area contributed by atoms with Gasteiger partial charge >= 0.3 is 0 Å². The highest BCUT2D eigenvalue weighted by Crippen LogP contribution is 2.26. The van der Waals surface area contributed by atoms with E-state index in [0.29, 0.717) is 17.0 Å². The lowest BCUT2D eigenvalue weighted by Crippen LogP contribution is -2.38. The van der Waals surface area contributed by atoms with E-state index in [1.807, 2.05) is 24.3 Å². The number of anilines is 1. The summed E-state index contributed by atoms with van der Waals surface area (Å²) in [4.78, 5) is 38.9. The van der Waals surface area contributed by atoms with Crippen LogP contribution in [0.1, 0.15) is 27.7 Å². The number of ether oxygens (including phenoxy) is 1. The van der Waals surface area contributed by atoms with E-state index in [2.05, 4.69) is 30.1 Å². The predicted molar refractivity (Wildman–Crippen MR) is 129 cm³/mol. The van der Waals surface area contributed by atoms with Gasteiger partial charge in [0, 0.05) is 20.8 Å². The van der Waals surface area contributed by atoms with Crippen LogP contribution in [0.3, 0.4) is 0 Å². The second-order valence-electron chi connectivity index (χ2n) is 9.09. The van der Waals surface area contributed by atoms with Gasteiger partial charge in [-0.25, -0.2) is 0 Å². The largest absolute Gasteiger partial charge is 0.497 e. The number of carbonyl (C=O) groups excluding carboxylic acids is 2. The van der Waals surface area contributed by atoms with Gasteiger partial charge in [0.05, 0.1) is 13.2 Å². The molecule has 2 N–H and O–H groups in total. The molecule has 0 saturated carbocycles. The molecule has 0 aliphatic carbocycles. The standard InChI is InChI=1S/C24H29N3O5Si/c1-27(24(30)20-14-21(28)26-32-20)22(17-8-12-19(31-2)13-9-17)23(29)25-18-10-6-16(7-11-18)15-33(3,4)5/h6-14,22H,15H2,1-5H3,(H,25,29)(H,26,28). The number of methoxy groups -OCH3 is 1. The van der Waals surface area contributed by atoms with Gasteiger partial charge in [0.2, 0.25) is 5.76 Å². The van der Waals surface area contributed by atoms with Crippen LogP contribution in [0.2, 0.25) is 19.6 Å². The van der Waals surface area contributed by atoms with Gasteiger partial charge in [-0.05, 0) is 35.9 Å². The zero-order valence-corrected chi connectivity index (χ0v) is 20.5. The number of hydrogen-bond acceptors (Lipinski definition) is 5. The Labute approximate surface area is 193 Å². The number of nitrogens with zero attached hydrogens (tertiary/aromatic N) is 1. The number of aromatic nitrogens is 1. The molecule has 3 aromatic rings. The van der Waals surface area contributed by atoms with Gasteiger partial charge in [-0.2, -0.15) is 5.16 Å². The first-order chi connectivity index (χ1) is 15.6. The average Bonchev–Trinajstić information content (AvgIpc) is 3.20. The van der Waals surface area contributed by atoms with Crippen molar-refractivity contribution in [1.29, 1.82) is 0 Å². The topological polar surface area (TPSA) is 105 Å². The third-order valence-electron chi connectivity index (χ3n) is 5.08. The molecule has 0 bridgehead atoms. The Balaban J connectivity index is 1.87. The summed E-state index contributed by atoms with van der Waals surface area (Å²) in [5.74, 6) is -0.548. The lowest BCUT2D eigenvalue weighted by atomic mass is 10.0. The van der Waals surface area contributed by atoms with Gasteiger partial charge in [-0.15, -0.1) is 0 Å².